The molecule has 2 aromatic carbocycles. The molecular weight excluding hydrogens is 378 g/mol. The van der Waals surface area contributed by atoms with Crippen LogP contribution in [-0.4, -0.2) is 34.0 Å². The van der Waals surface area contributed by atoms with Gasteiger partial charge in [0.25, 0.3) is 0 Å². The van der Waals surface area contributed by atoms with Crippen LogP contribution in [0, 0.1) is 11.6 Å². The number of piperidine rings is 1. The molecule has 1 aliphatic rings. The number of likely N-dealkylation sites (tertiary alicyclic amines) is 1. The molecular formula is C21H20F2N4O2. The summed E-state index contributed by atoms with van der Waals surface area (Å²) in [6.45, 7) is 0.768. The van der Waals surface area contributed by atoms with Crippen molar-refractivity contribution in [1.82, 2.24) is 15.0 Å². The number of carbonyl (C=O) groups is 1. The summed E-state index contributed by atoms with van der Waals surface area (Å²) in [7, 11) is 0. The Kier molecular flexibility index (Phi) is 5.62. The second kappa shape index (κ2) is 8.48. The third kappa shape index (κ3) is 4.48. The quantitative estimate of drug-likeness (QED) is 0.698. The number of nitrogens with one attached hydrogen (secondary N) is 1. The molecule has 29 heavy (non-hydrogen) atoms. The number of para-hydroxylation sites is 1. The molecule has 1 aromatic heterocycles. The summed E-state index contributed by atoms with van der Waals surface area (Å²) in [5, 5.41) is 6.57. The van der Waals surface area contributed by atoms with Gasteiger partial charge in [-0.1, -0.05) is 35.8 Å². The maximum Gasteiger partial charge on any atom is 0.244 e. The van der Waals surface area contributed by atoms with Crippen LogP contribution in [0.3, 0.4) is 0 Å². The Morgan fingerprint density at radius 2 is 2.03 bits per heavy atom. The third-order valence-corrected chi connectivity index (χ3v) is 4.92. The fourth-order valence-corrected chi connectivity index (χ4v) is 3.51. The number of rotatable bonds is 5. The van der Waals surface area contributed by atoms with Gasteiger partial charge in [0, 0.05) is 5.56 Å². The fourth-order valence-electron chi connectivity index (χ4n) is 3.51. The van der Waals surface area contributed by atoms with Gasteiger partial charge in [-0.05, 0) is 43.7 Å². The molecule has 0 spiro atoms. The van der Waals surface area contributed by atoms with Crippen molar-refractivity contribution in [2.75, 3.05) is 18.4 Å². The van der Waals surface area contributed by atoms with Gasteiger partial charge in [-0.25, -0.2) is 8.78 Å². The molecule has 1 saturated heterocycles. The lowest BCUT2D eigenvalue weighted by atomic mass is 10.0. The second-order valence-corrected chi connectivity index (χ2v) is 6.98. The number of hydrogen-bond acceptors (Lipinski definition) is 5. The van der Waals surface area contributed by atoms with Gasteiger partial charge >= 0.3 is 0 Å². The molecule has 6 nitrogen and oxygen atoms in total. The zero-order chi connectivity index (χ0) is 20.2. The van der Waals surface area contributed by atoms with Gasteiger partial charge in [-0.15, -0.1) is 0 Å². The first kappa shape index (κ1) is 19.2. The number of carbonyl (C=O) groups excluding carboxylic acids is 1. The Morgan fingerprint density at radius 3 is 2.86 bits per heavy atom. The van der Waals surface area contributed by atoms with E-state index in [-0.39, 0.29) is 30.0 Å². The van der Waals surface area contributed by atoms with E-state index in [0.717, 1.165) is 19.3 Å². The zero-order valence-corrected chi connectivity index (χ0v) is 15.6. The highest BCUT2D eigenvalue weighted by molar-refractivity contribution is 5.92. The van der Waals surface area contributed by atoms with E-state index in [4.69, 9.17) is 4.52 Å². The van der Waals surface area contributed by atoms with Crippen LogP contribution in [0.25, 0.3) is 11.4 Å². The molecule has 0 bridgehead atoms. The molecule has 1 atom stereocenters. The highest BCUT2D eigenvalue weighted by atomic mass is 19.1. The van der Waals surface area contributed by atoms with Gasteiger partial charge in [0.1, 0.15) is 11.6 Å². The zero-order valence-electron chi connectivity index (χ0n) is 15.6. The van der Waals surface area contributed by atoms with Crippen molar-refractivity contribution in [3.05, 3.63) is 66.1 Å². The molecule has 1 N–H and O–H groups in total. The van der Waals surface area contributed by atoms with Crippen LogP contribution in [0.15, 0.2) is 53.1 Å². The number of benzene rings is 2. The highest BCUT2D eigenvalue weighted by Gasteiger charge is 2.30. The number of halogens is 2. The first-order chi connectivity index (χ1) is 14.1. The summed E-state index contributed by atoms with van der Waals surface area (Å²) in [6, 6.07) is 11.8. The van der Waals surface area contributed by atoms with Gasteiger partial charge < -0.3 is 9.84 Å². The second-order valence-electron chi connectivity index (χ2n) is 6.98. The van der Waals surface area contributed by atoms with Crippen molar-refractivity contribution in [3.8, 4) is 11.4 Å². The van der Waals surface area contributed by atoms with E-state index in [1.807, 2.05) is 4.90 Å². The van der Waals surface area contributed by atoms with E-state index in [1.54, 1.807) is 24.3 Å². The molecule has 0 unspecified atom stereocenters. The van der Waals surface area contributed by atoms with E-state index < -0.39 is 5.82 Å². The largest absolute Gasteiger partial charge is 0.337 e. The maximum absolute atomic E-state index is 13.8. The van der Waals surface area contributed by atoms with E-state index in [1.165, 1.54) is 24.3 Å². The molecule has 1 amide bonds. The molecule has 1 fully saturated rings. The van der Waals surface area contributed by atoms with Crippen LogP contribution in [0.1, 0.15) is 31.2 Å². The number of anilines is 1. The first-order valence-electron chi connectivity index (χ1n) is 9.48. The van der Waals surface area contributed by atoms with Crippen LogP contribution < -0.4 is 5.32 Å². The monoisotopic (exact) mass is 398 g/mol. The van der Waals surface area contributed by atoms with Crippen molar-refractivity contribution in [3.63, 3.8) is 0 Å². The Hall–Kier alpha value is -3.13. The smallest absolute Gasteiger partial charge is 0.244 e. The number of nitrogens with zero attached hydrogens (tertiary/aromatic N) is 3. The minimum absolute atomic E-state index is 0.0800. The van der Waals surface area contributed by atoms with Crippen molar-refractivity contribution >= 4 is 11.6 Å². The normalized spacial score (nSPS) is 17.2. The molecule has 0 saturated carbocycles. The molecule has 150 valence electrons. The molecule has 4 rings (SSSR count). The average molecular weight is 398 g/mol. The Balaban J connectivity index is 1.48. The molecule has 2 heterocycles. The molecule has 8 heteroatoms. The summed E-state index contributed by atoms with van der Waals surface area (Å²) < 4.78 is 32.7. The molecule has 1 aliphatic heterocycles. The average Bonchev–Trinajstić information content (AvgIpc) is 3.20. The first-order valence-corrected chi connectivity index (χ1v) is 9.48. The number of hydrogen-bond donors (Lipinski definition) is 1. The van der Waals surface area contributed by atoms with Gasteiger partial charge in [-0.2, -0.15) is 4.98 Å². The predicted octanol–water partition coefficient (Wildman–Crippen LogP) is 4.18. The summed E-state index contributed by atoms with van der Waals surface area (Å²) in [6.07, 6.45) is 2.67. The van der Waals surface area contributed by atoms with Crippen molar-refractivity contribution in [1.29, 1.82) is 0 Å². The van der Waals surface area contributed by atoms with E-state index in [0.29, 0.717) is 23.8 Å². The van der Waals surface area contributed by atoms with Crippen molar-refractivity contribution < 1.29 is 18.1 Å². The third-order valence-electron chi connectivity index (χ3n) is 4.92. The molecule has 0 aliphatic carbocycles. The van der Waals surface area contributed by atoms with Crippen LogP contribution in [-0.2, 0) is 4.79 Å². The standard InChI is InChI=1S/C21H20F2N4O2/c22-15-7-5-6-14(12-15)20-25-21(29-26-20)18-10-3-4-11-27(18)13-19(28)24-17-9-2-1-8-16(17)23/h1-2,5-9,12,18H,3-4,10-11,13H2,(H,24,28)/t18-/m1/s1. The van der Waals surface area contributed by atoms with Crippen LogP contribution >= 0.6 is 0 Å². The van der Waals surface area contributed by atoms with E-state index >= 15 is 0 Å². The Morgan fingerprint density at radius 1 is 1.17 bits per heavy atom. The van der Waals surface area contributed by atoms with Crippen LogP contribution in [0.4, 0.5) is 14.5 Å². The molecule has 3 aromatic rings. The lowest BCUT2D eigenvalue weighted by Gasteiger charge is -2.32. The maximum atomic E-state index is 13.8. The summed E-state index contributed by atoms with van der Waals surface area (Å²) in [5.74, 6) is -0.471. The fraction of sp³-hybridized carbons (Fsp3) is 0.286. The summed E-state index contributed by atoms with van der Waals surface area (Å²) in [4.78, 5) is 18.8. The highest BCUT2D eigenvalue weighted by Crippen LogP contribution is 2.31. The number of amides is 1. The topological polar surface area (TPSA) is 71.3 Å². The van der Waals surface area contributed by atoms with Gasteiger partial charge in [0.15, 0.2) is 0 Å². The van der Waals surface area contributed by atoms with E-state index in [2.05, 4.69) is 15.5 Å². The minimum Gasteiger partial charge on any atom is -0.337 e. The van der Waals surface area contributed by atoms with Crippen LogP contribution in [0.5, 0.6) is 0 Å². The lowest BCUT2D eigenvalue weighted by Crippen LogP contribution is -2.39. The SMILES string of the molecule is O=C(CN1CCCC[C@@H]1c1nc(-c2cccc(F)c2)no1)Nc1ccccc1F. The Bertz CT molecular complexity index is 1010. The van der Waals surface area contributed by atoms with Crippen molar-refractivity contribution in [2.24, 2.45) is 0 Å². The minimum atomic E-state index is -0.479. The summed E-state index contributed by atoms with van der Waals surface area (Å²) in [5.41, 5.74) is 0.678. The van der Waals surface area contributed by atoms with Gasteiger partial charge in [-0.3, -0.25) is 9.69 Å². The number of aromatic nitrogens is 2. The Labute approximate surface area is 166 Å². The van der Waals surface area contributed by atoms with E-state index in [9.17, 15) is 13.6 Å². The lowest BCUT2D eigenvalue weighted by molar-refractivity contribution is -0.118. The molecule has 0 radical (unpaired) electrons. The van der Waals surface area contributed by atoms with Gasteiger partial charge in [0.05, 0.1) is 18.3 Å². The van der Waals surface area contributed by atoms with Crippen molar-refractivity contribution in [2.45, 2.75) is 25.3 Å². The predicted molar refractivity (Wildman–Crippen MR) is 103 cm³/mol. The van der Waals surface area contributed by atoms with Crippen LogP contribution in [0.2, 0.25) is 0 Å². The van der Waals surface area contributed by atoms with Gasteiger partial charge in [0.2, 0.25) is 17.6 Å². The summed E-state index contributed by atoms with van der Waals surface area (Å²) >= 11 is 0.